The molecule has 0 aromatic carbocycles. The van der Waals surface area contributed by atoms with Gasteiger partial charge in [0.25, 0.3) is 18.2 Å². The van der Waals surface area contributed by atoms with E-state index in [1.165, 1.54) is 18.2 Å². The number of carbonyl (C=O) groups is 2. The van der Waals surface area contributed by atoms with Crippen LogP contribution in [0.15, 0.2) is 30.6 Å². The van der Waals surface area contributed by atoms with Crippen molar-refractivity contribution in [2.75, 3.05) is 25.1 Å². The quantitative estimate of drug-likeness (QED) is 0.452. The van der Waals surface area contributed by atoms with E-state index in [-0.39, 0.29) is 23.3 Å². The van der Waals surface area contributed by atoms with Gasteiger partial charge in [-0.25, -0.2) is 23.5 Å². The topological polar surface area (TPSA) is 128 Å². The van der Waals surface area contributed by atoms with Crippen LogP contribution in [0.4, 0.5) is 27.8 Å². The molecule has 1 aliphatic heterocycles. The number of aliphatic carboxylic acids is 1. The molecule has 0 saturated carbocycles. The molecule has 0 bridgehead atoms. The standard InChI is InChI=1S/C20H21F2N5O3.C2HF3O2/c1-2-30-20-18-24-15(12-6-8-29-9-7-12)10-27(18)11-16(26-20)25-19(28)14-5-3-4-13(23-14)17(21)22;3-2(4,5)1(6)7/h3-5,10-12,17H,2,6-9H2,1H3,(H,25,28);(H,6,7). The number of nitrogens with zero attached hydrogens (tertiary/aromatic N) is 4. The molecular formula is C22H22F5N5O5. The molecule has 1 aliphatic rings. The molecule has 200 valence electrons. The van der Waals surface area contributed by atoms with Gasteiger partial charge in [0, 0.05) is 25.3 Å². The fourth-order valence-corrected chi connectivity index (χ4v) is 3.35. The predicted octanol–water partition coefficient (Wildman–Crippen LogP) is 4.24. The summed E-state index contributed by atoms with van der Waals surface area (Å²) in [6.45, 7) is 3.59. The number of fused-ring (bicyclic) bond motifs is 1. The number of aromatic nitrogens is 4. The van der Waals surface area contributed by atoms with Crippen molar-refractivity contribution < 1.29 is 46.1 Å². The van der Waals surface area contributed by atoms with E-state index in [1.54, 1.807) is 10.6 Å². The van der Waals surface area contributed by atoms with E-state index in [0.717, 1.165) is 18.5 Å². The SMILES string of the molecule is CCOc1nc(NC(=O)c2cccc(C(F)F)n2)cn2cc(C3CCOCC3)nc12.O=C(O)C(F)(F)F. The van der Waals surface area contributed by atoms with Crippen molar-refractivity contribution in [1.82, 2.24) is 19.4 Å². The number of ether oxygens (including phenoxy) is 2. The number of carbonyl (C=O) groups excluding carboxylic acids is 1. The van der Waals surface area contributed by atoms with E-state index >= 15 is 0 Å². The molecule has 10 nitrogen and oxygen atoms in total. The van der Waals surface area contributed by atoms with Crippen molar-refractivity contribution in [3.63, 3.8) is 0 Å². The Bertz CT molecular complexity index is 1240. The molecule has 4 rings (SSSR count). The summed E-state index contributed by atoms with van der Waals surface area (Å²) < 4.78 is 70.2. The highest BCUT2D eigenvalue weighted by Crippen LogP contribution is 2.29. The minimum atomic E-state index is -5.08. The average molecular weight is 531 g/mol. The van der Waals surface area contributed by atoms with Crippen molar-refractivity contribution in [3.8, 4) is 5.88 Å². The van der Waals surface area contributed by atoms with Crippen LogP contribution in [0, 0.1) is 0 Å². The Kier molecular flexibility index (Phi) is 8.91. The van der Waals surface area contributed by atoms with Gasteiger partial charge in [0.1, 0.15) is 11.4 Å². The number of anilines is 1. The first kappa shape index (κ1) is 27.7. The normalized spacial score (nSPS) is 14.2. The minimum Gasteiger partial charge on any atom is -0.475 e. The Morgan fingerprint density at radius 2 is 1.86 bits per heavy atom. The lowest BCUT2D eigenvalue weighted by atomic mass is 9.97. The lowest BCUT2D eigenvalue weighted by Crippen LogP contribution is -2.21. The third-order valence-electron chi connectivity index (χ3n) is 5.06. The third kappa shape index (κ3) is 7.31. The molecule has 0 spiro atoms. The number of hydrogen-bond acceptors (Lipinski definition) is 7. The van der Waals surface area contributed by atoms with Crippen LogP contribution >= 0.6 is 0 Å². The first-order chi connectivity index (χ1) is 17.5. The lowest BCUT2D eigenvalue weighted by molar-refractivity contribution is -0.192. The Labute approximate surface area is 206 Å². The molecule has 3 aromatic heterocycles. The number of amides is 1. The van der Waals surface area contributed by atoms with Crippen LogP contribution in [0.1, 0.15) is 54.0 Å². The van der Waals surface area contributed by atoms with Gasteiger partial charge in [-0.3, -0.25) is 9.20 Å². The molecule has 0 radical (unpaired) electrons. The molecule has 3 aromatic rings. The van der Waals surface area contributed by atoms with E-state index < -0.39 is 30.2 Å². The van der Waals surface area contributed by atoms with Gasteiger partial charge in [-0.05, 0) is 31.9 Å². The molecule has 4 heterocycles. The molecule has 2 N–H and O–H groups in total. The van der Waals surface area contributed by atoms with Gasteiger partial charge in [0.2, 0.25) is 5.65 Å². The smallest absolute Gasteiger partial charge is 0.475 e. The molecule has 1 saturated heterocycles. The Balaban J connectivity index is 0.000000479. The maximum atomic E-state index is 12.9. The van der Waals surface area contributed by atoms with E-state index in [1.807, 2.05) is 13.1 Å². The molecule has 1 fully saturated rings. The highest BCUT2D eigenvalue weighted by atomic mass is 19.4. The molecule has 0 aliphatic carbocycles. The van der Waals surface area contributed by atoms with Gasteiger partial charge in [-0.1, -0.05) is 6.07 Å². The van der Waals surface area contributed by atoms with Gasteiger partial charge in [-0.2, -0.15) is 18.2 Å². The number of nitrogens with one attached hydrogen (secondary N) is 1. The summed E-state index contributed by atoms with van der Waals surface area (Å²) >= 11 is 0. The number of alkyl halides is 5. The zero-order valence-electron chi connectivity index (χ0n) is 19.3. The number of pyridine rings is 1. The van der Waals surface area contributed by atoms with E-state index in [0.29, 0.717) is 25.5 Å². The summed E-state index contributed by atoms with van der Waals surface area (Å²) in [6.07, 6.45) is -2.57. The minimum absolute atomic E-state index is 0.124. The number of rotatable bonds is 6. The molecule has 37 heavy (non-hydrogen) atoms. The van der Waals surface area contributed by atoms with Crippen LogP contribution in [0.25, 0.3) is 5.65 Å². The number of imidazole rings is 1. The first-order valence-corrected chi connectivity index (χ1v) is 11.0. The van der Waals surface area contributed by atoms with Crippen molar-refractivity contribution in [1.29, 1.82) is 0 Å². The predicted molar refractivity (Wildman–Crippen MR) is 118 cm³/mol. The molecular weight excluding hydrogens is 509 g/mol. The Morgan fingerprint density at radius 1 is 1.19 bits per heavy atom. The summed E-state index contributed by atoms with van der Waals surface area (Å²) in [7, 11) is 0. The molecule has 15 heteroatoms. The molecule has 0 unspecified atom stereocenters. The van der Waals surface area contributed by atoms with Crippen LogP contribution in [0.5, 0.6) is 5.88 Å². The van der Waals surface area contributed by atoms with Crippen molar-refractivity contribution in [2.45, 2.75) is 38.3 Å². The largest absolute Gasteiger partial charge is 0.490 e. The summed E-state index contributed by atoms with van der Waals surface area (Å²) in [5, 5.41) is 9.72. The zero-order valence-corrected chi connectivity index (χ0v) is 19.3. The number of carboxylic acid groups (broad SMARTS) is 1. The Morgan fingerprint density at radius 3 is 2.46 bits per heavy atom. The van der Waals surface area contributed by atoms with Crippen LogP contribution in [-0.2, 0) is 9.53 Å². The maximum absolute atomic E-state index is 12.9. The van der Waals surface area contributed by atoms with Crippen LogP contribution in [0.3, 0.4) is 0 Å². The highest BCUT2D eigenvalue weighted by Gasteiger charge is 2.38. The second-order valence-electron chi connectivity index (χ2n) is 7.65. The van der Waals surface area contributed by atoms with Gasteiger partial charge in [-0.15, -0.1) is 0 Å². The molecule has 1 amide bonds. The van der Waals surface area contributed by atoms with E-state index in [4.69, 9.17) is 19.4 Å². The van der Waals surface area contributed by atoms with Gasteiger partial charge >= 0.3 is 12.1 Å². The lowest BCUT2D eigenvalue weighted by Gasteiger charge is -2.19. The summed E-state index contributed by atoms with van der Waals surface area (Å²) in [5.74, 6) is -2.63. The second kappa shape index (κ2) is 11.9. The fourth-order valence-electron chi connectivity index (χ4n) is 3.35. The van der Waals surface area contributed by atoms with Crippen molar-refractivity contribution in [2.24, 2.45) is 0 Å². The van der Waals surface area contributed by atoms with Gasteiger partial charge in [0.05, 0.1) is 18.5 Å². The highest BCUT2D eigenvalue weighted by molar-refractivity contribution is 6.02. The second-order valence-corrected chi connectivity index (χ2v) is 7.65. The van der Waals surface area contributed by atoms with E-state index in [9.17, 15) is 26.7 Å². The number of carboxylic acids is 1. The average Bonchev–Trinajstić information content (AvgIpc) is 3.29. The third-order valence-corrected chi connectivity index (χ3v) is 5.06. The maximum Gasteiger partial charge on any atom is 0.490 e. The summed E-state index contributed by atoms with van der Waals surface area (Å²) in [6, 6.07) is 3.90. The van der Waals surface area contributed by atoms with E-state index in [2.05, 4.69) is 20.3 Å². The first-order valence-electron chi connectivity index (χ1n) is 11.0. The zero-order chi connectivity index (χ0) is 27.2. The fraction of sp³-hybridized carbons (Fsp3) is 0.409. The van der Waals surface area contributed by atoms with Crippen LogP contribution in [-0.4, -0.2) is 62.3 Å². The van der Waals surface area contributed by atoms with Crippen LogP contribution < -0.4 is 10.1 Å². The van der Waals surface area contributed by atoms with Gasteiger partial charge in [0.15, 0.2) is 5.82 Å². The summed E-state index contributed by atoms with van der Waals surface area (Å²) in [4.78, 5) is 34.1. The van der Waals surface area contributed by atoms with Crippen LogP contribution in [0.2, 0.25) is 0 Å². The Hall–Kier alpha value is -3.88. The number of halogens is 5. The molecule has 0 atom stereocenters. The summed E-state index contributed by atoms with van der Waals surface area (Å²) in [5.41, 5.74) is 0.878. The monoisotopic (exact) mass is 531 g/mol. The number of hydrogen-bond donors (Lipinski definition) is 2. The van der Waals surface area contributed by atoms with Gasteiger partial charge < -0.3 is 19.9 Å². The van der Waals surface area contributed by atoms with Crippen molar-refractivity contribution >= 4 is 23.3 Å². The van der Waals surface area contributed by atoms with Crippen molar-refractivity contribution in [3.05, 3.63) is 47.7 Å².